The Morgan fingerprint density at radius 3 is 2.58 bits per heavy atom. The maximum atomic E-state index is 9.05. The van der Waals surface area contributed by atoms with Crippen LogP contribution in [0.3, 0.4) is 0 Å². The summed E-state index contributed by atoms with van der Waals surface area (Å²) in [6.07, 6.45) is 0. The van der Waals surface area contributed by atoms with Crippen LogP contribution in [0.25, 0.3) is 0 Å². The van der Waals surface area contributed by atoms with Gasteiger partial charge in [0.15, 0.2) is 0 Å². The minimum atomic E-state index is -0.358. The van der Waals surface area contributed by atoms with Crippen molar-refractivity contribution in [3.05, 3.63) is 65.2 Å². The number of hydrogen-bond acceptors (Lipinski definition) is 3. The van der Waals surface area contributed by atoms with Gasteiger partial charge in [0.1, 0.15) is 12.4 Å². The second kappa shape index (κ2) is 6.36. The Bertz CT molecular complexity index is 523. The van der Waals surface area contributed by atoms with Crippen molar-refractivity contribution in [3.63, 3.8) is 0 Å². The summed E-state index contributed by atoms with van der Waals surface area (Å²) in [5, 5.41) is 9.05. The van der Waals surface area contributed by atoms with E-state index in [-0.39, 0.29) is 12.6 Å². The fourth-order valence-corrected chi connectivity index (χ4v) is 1.79. The summed E-state index contributed by atoms with van der Waals surface area (Å²) in [6.45, 7) is 2.52. The average molecular weight is 257 g/mol. The zero-order valence-electron chi connectivity index (χ0n) is 11.0. The second-order valence-electron chi connectivity index (χ2n) is 4.64. The van der Waals surface area contributed by atoms with Gasteiger partial charge in [-0.3, -0.25) is 0 Å². The Labute approximate surface area is 113 Å². The Balaban J connectivity index is 2.01. The maximum Gasteiger partial charge on any atom is 0.120 e. The molecule has 2 rings (SSSR count). The number of hydrogen-bond donors (Lipinski definition) is 2. The zero-order valence-corrected chi connectivity index (χ0v) is 11.0. The third-order valence-corrected chi connectivity index (χ3v) is 3.01. The molecule has 19 heavy (non-hydrogen) atoms. The molecule has 2 aromatic carbocycles. The largest absolute Gasteiger partial charge is 0.489 e. The van der Waals surface area contributed by atoms with Gasteiger partial charge >= 0.3 is 0 Å². The van der Waals surface area contributed by atoms with Crippen molar-refractivity contribution in [2.24, 2.45) is 5.73 Å². The first-order valence-corrected chi connectivity index (χ1v) is 6.34. The number of rotatable bonds is 5. The zero-order chi connectivity index (χ0) is 13.7. The van der Waals surface area contributed by atoms with Gasteiger partial charge in [-0.25, -0.2) is 0 Å². The molecular weight excluding hydrogens is 238 g/mol. The quantitative estimate of drug-likeness (QED) is 0.865. The fraction of sp³-hybridized carbons (Fsp3) is 0.250. The monoisotopic (exact) mass is 257 g/mol. The van der Waals surface area contributed by atoms with Crippen LogP contribution in [0.2, 0.25) is 0 Å². The minimum absolute atomic E-state index is 0.0680. The molecule has 3 N–H and O–H groups in total. The van der Waals surface area contributed by atoms with Gasteiger partial charge in [-0.05, 0) is 30.2 Å². The highest BCUT2D eigenvalue weighted by atomic mass is 16.5. The molecule has 0 aromatic heterocycles. The summed E-state index contributed by atoms with van der Waals surface area (Å²) in [4.78, 5) is 0. The van der Waals surface area contributed by atoms with Crippen LogP contribution in [0.1, 0.15) is 22.7 Å². The number of aliphatic hydroxyl groups is 1. The van der Waals surface area contributed by atoms with Gasteiger partial charge in [0, 0.05) is 0 Å². The van der Waals surface area contributed by atoms with Gasteiger partial charge in [-0.1, -0.05) is 42.0 Å². The van der Waals surface area contributed by atoms with E-state index in [2.05, 4.69) is 31.2 Å². The molecule has 0 heterocycles. The lowest BCUT2D eigenvalue weighted by atomic mass is 10.1. The molecule has 0 spiro atoms. The molecule has 0 fully saturated rings. The van der Waals surface area contributed by atoms with E-state index in [0.29, 0.717) is 6.61 Å². The first-order chi connectivity index (χ1) is 9.19. The van der Waals surface area contributed by atoms with Crippen molar-refractivity contribution in [2.45, 2.75) is 19.6 Å². The lowest BCUT2D eigenvalue weighted by Gasteiger charge is -2.11. The Morgan fingerprint density at radius 1 is 1.16 bits per heavy atom. The molecular formula is C16H19NO2. The van der Waals surface area contributed by atoms with Gasteiger partial charge in [-0.2, -0.15) is 0 Å². The molecule has 100 valence electrons. The Morgan fingerprint density at radius 2 is 1.89 bits per heavy atom. The smallest absolute Gasteiger partial charge is 0.120 e. The molecule has 3 heteroatoms. The Kier molecular flexibility index (Phi) is 4.55. The first-order valence-electron chi connectivity index (χ1n) is 6.34. The SMILES string of the molecule is Cc1ccc(COc2cccc([C@H](N)CO)c2)cc1. The Hall–Kier alpha value is -1.84. The van der Waals surface area contributed by atoms with Crippen LogP contribution >= 0.6 is 0 Å². The van der Waals surface area contributed by atoms with Crippen molar-refractivity contribution in [2.75, 3.05) is 6.61 Å². The van der Waals surface area contributed by atoms with E-state index in [4.69, 9.17) is 15.6 Å². The van der Waals surface area contributed by atoms with Gasteiger partial charge in [-0.15, -0.1) is 0 Å². The number of aliphatic hydroxyl groups excluding tert-OH is 1. The lowest BCUT2D eigenvalue weighted by Crippen LogP contribution is -2.14. The highest BCUT2D eigenvalue weighted by Gasteiger charge is 2.05. The molecule has 3 nitrogen and oxygen atoms in total. The van der Waals surface area contributed by atoms with E-state index in [9.17, 15) is 0 Å². The molecule has 2 aromatic rings. The number of benzene rings is 2. The van der Waals surface area contributed by atoms with Crippen LogP contribution in [-0.4, -0.2) is 11.7 Å². The van der Waals surface area contributed by atoms with Crippen LogP contribution in [-0.2, 0) is 6.61 Å². The van der Waals surface area contributed by atoms with Crippen molar-refractivity contribution in [1.82, 2.24) is 0 Å². The van der Waals surface area contributed by atoms with Crippen LogP contribution in [0, 0.1) is 6.92 Å². The lowest BCUT2D eigenvalue weighted by molar-refractivity contribution is 0.267. The molecule has 0 radical (unpaired) electrons. The van der Waals surface area contributed by atoms with Crippen LogP contribution in [0.15, 0.2) is 48.5 Å². The van der Waals surface area contributed by atoms with E-state index in [0.717, 1.165) is 16.9 Å². The number of aryl methyl sites for hydroxylation is 1. The van der Waals surface area contributed by atoms with Crippen molar-refractivity contribution >= 4 is 0 Å². The predicted molar refractivity (Wildman–Crippen MR) is 76.0 cm³/mol. The summed E-state index contributed by atoms with van der Waals surface area (Å²) in [5.41, 5.74) is 9.02. The van der Waals surface area contributed by atoms with Crippen molar-refractivity contribution in [1.29, 1.82) is 0 Å². The van der Waals surface area contributed by atoms with Gasteiger partial charge in [0.25, 0.3) is 0 Å². The predicted octanol–water partition coefficient (Wildman–Crippen LogP) is 2.57. The third kappa shape index (κ3) is 3.81. The van der Waals surface area contributed by atoms with Crippen molar-refractivity contribution in [3.8, 4) is 5.75 Å². The minimum Gasteiger partial charge on any atom is -0.489 e. The first kappa shape index (κ1) is 13.6. The van der Waals surface area contributed by atoms with E-state index in [1.54, 1.807) is 0 Å². The molecule has 0 aliphatic rings. The highest BCUT2D eigenvalue weighted by molar-refractivity contribution is 5.31. The van der Waals surface area contributed by atoms with Gasteiger partial charge in [0.05, 0.1) is 12.6 Å². The van der Waals surface area contributed by atoms with E-state index >= 15 is 0 Å². The summed E-state index contributed by atoms with van der Waals surface area (Å²) < 4.78 is 5.73. The van der Waals surface area contributed by atoms with Crippen LogP contribution in [0.5, 0.6) is 5.75 Å². The normalized spacial score (nSPS) is 12.2. The number of nitrogens with two attached hydrogens (primary N) is 1. The van der Waals surface area contributed by atoms with Gasteiger partial charge in [0.2, 0.25) is 0 Å². The average Bonchev–Trinajstić information content (AvgIpc) is 2.46. The standard InChI is InChI=1S/C16H19NO2/c1-12-5-7-13(8-6-12)11-19-15-4-2-3-14(9-15)16(17)10-18/h2-9,16,18H,10-11,17H2,1H3/t16-/m1/s1. The molecule has 0 saturated heterocycles. The summed E-state index contributed by atoms with van der Waals surface area (Å²) in [5.74, 6) is 0.766. The van der Waals surface area contributed by atoms with Crippen LogP contribution in [0.4, 0.5) is 0 Å². The molecule has 0 aliphatic carbocycles. The summed E-state index contributed by atoms with van der Waals surface area (Å²) >= 11 is 0. The third-order valence-electron chi connectivity index (χ3n) is 3.01. The molecule has 0 amide bonds. The summed E-state index contributed by atoms with van der Waals surface area (Å²) in [7, 11) is 0. The molecule has 0 saturated carbocycles. The molecule has 0 aliphatic heterocycles. The molecule has 0 unspecified atom stereocenters. The van der Waals surface area contributed by atoms with E-state index in [1.165, 1.54) is 5.56 Å². The second-order valence-corrected chi connectivity index (χ2v) is 4.64. The maximum absolute atomic E-state index is 9.05. The van der Waals surface area contributed by atoms with Crippen molar-refractivity contribution < 1.29 is 9.84 Å². The summed E-state index contributed by atoms with van der Waals surface area (Å²) in [6, 6.07) is 15.4. The number of ether oxygens (including phenoxy) is 1. The molecule has 0 bridgehead atoms. The topological polar surface area (TPSA) is 55.5 Å². The molecule has 1 atom stereocenters. The van der Waals surface area contributed by atoms with Crippen LogP contribution < -0.4 is 10.5 Å². The fourth-order valence-electron chi connectivity index (χ4n) is 1.79. The van der Waals surface area contributed by atoms with E-state index < -0.39 is 0 Å². The van der Waals surface area contributed by atoms with Gasteiger partial charge < -0.3 is 15.6 Å². The van der Waals surface area contributed by atoms with E-state index in [1.807, 2.05) is 24.3 Å². The highest BCUT2D eigenvalue weighted by Crippen LogP contribution is 2.19.